The maximum Gasteiger partial charge on any atom is 4.00 e. The Hall–Kier alpha value is 2.00. The fourth-order valence-corrected chi connectivity index (χ4v) is 0. The van der Waals surface area contributed by atoms with Crippen LogP contribution in [0, 0.1) is 0 Å². The Balaban J connectivity index is -0.000000000111. The van der Waals surface area contributed by atoms with E-state index in [4.69, 9.17) is 3.02 Å². The summed E-state index contributed by atoms with van der Waals surface area (Å²) in [6, 6.07) is 0. The Kier molecular flexibility index (Phi) is 10300. The second kappa shape index (κ2) is 468. The van der Waals surface area contributed by atoms with Crippen LogP contribution in [-0.2, 0) is 29.2 Å². The Labute approximate surface area is 119 Å². The molecular formula is H8O9Sb2Zr. The van der Waals surface area contributed by atoms with Crippen LogP contribution in [0.5, 0.6) is 0 Å². The van der Waals surface area contributed by atoms with Gasteiger partial charge in [0.2, 0.25) is 0 Å². The van der Waals surface area contributed by atoms with Gasteiger partial charge in [-0.25, -0.2) is 0 Å². The van der Waals surface area contributed by atoms with Crippen LogP contribution in [-0.4, -0.2) is 91.2 Å². The summed E-state index contributed by atoms with van der Waals surface area (Å²) < 4.78 is 8.30. The minimum Gasteiger partial charge on any atom is 3.00 e. The first-order chi connectivity index (χ1) is 1.00. The van der Waals surface area contributed by atoms with E-state index in [1.165, 1.54) is 0 Å². The van der Waals surface area contributed by atoms with Crippen molar-refractivity contribution in [3.63, 3.8) is 0 Å². The molecule has 0 aliphatic carbocycles. The molecule has 0 saturated carbocycles. The average Bonchev–Trinajstić information content (AvgIpc) is 1.00. The minimum atomic E-state index is 0. The van der Waals surface area contributed by atoms with Gasteiger partial charge in [0.05, 0.1) is 0 Å². The average molecular weight is 487 g/mol. The predicted octanol–water partition coefficient (Wildman–Crippen LogP) is -2.30. The molecule has 0 saturated heterocycles. The molecule has 0 rings (SSSR count). The molecular weight excluding hydrogens is 479 g/mol. The van der Waals surface area contributed by atoms with E-state index in [1.807, 2.05) is 0 Å². The van der Waals surface area contributed by atoms with E-state index in [2.05, 4.69) is 0 Å². The molecule has 0 aliphatic heterocycles. The van der Waals surface area contributed by atoms with Crippen LogP contribution < -0.4 is 0 Å². The van der Waals surface area contributed by atoms with Crippen LogP contribution in [0.4, 0.5) is 0 Å². The molecule has 0 aromatic heterocycles. The molecule has 9 nitrogen and oxygen atoms in total. The van der Waals surface area contributed by atoms with E-state index in [-0.39, 0.29) is 94.4 Å². The molecule has 0 aromatic rings. The zero-order valence-electron chi connectivity index (χ0n) is 5.38. The number of rotatable bonds is 0. The molecule has 0 fully saturated rings. The number of hydrogen-bond donors (Lipinski definition) is 0. The van der Waals surface area contributed by atoms with Gasteiger partial charge in [0.25, 0.3) is 0 Å². The van der Waals surface area contributed by atoms with E-state index in [0.29, 0.717) is 23.0 Å². The van der Waals surface area contributed by atoms with Crippen LogP contribution >= 0.6 is 0 Å². The van der Waals surface area contributed by atoms with E-state index in [0.717, 1.165) is 0 Å². The molecule has 0 aromatic carbocycles. The Morgan fingerprint density at radius 1 is 0.500 bits per heavy atom. The van der Waals surface area contributed by atoms with Crippen LogP contribution in [0.2, 0.25) is 0 Å². The summed E-state index contributed by atoms with van der Waals surface area (Å²) in [6.45, 7) is 0. The molecule has 8 N–H and O–H groups in total. The molecule has 0 amide bonds. The van der Waals surface area contributed by atoms with Crippen LogP contribution in [0.15, 0.2) is 0 Å². The first-order valence-corrected chi connectivity index (χ1v) is 1.22. The van der Waals surface area contributed by atoms with Crippen LogP contribution in [0.1, 0.15) is 0 Å². The Morgan fingerprint density at radius 3 is 0.500 bits per heavy atom. The third-order valence-corrected chi connectivity index (χ3v) is 0. The predicted molar refractivity (Wildman–Crippen MR) is 27.7 cm³/mol. The standard InChI is InChI=1S/8H2O.O.2Sb.Zr/h8*1H2;;;;/q;;;;;;;;;+1;+3;+4/p-8. The van der Waals surface area contributed by atoms with Gasteiger partial charge in [-0.1, -0.05) is 0 Å². The van der Waals surface area contributed by atoms with Crippen molar-refractivity contribution in [2.75, 3.05) is 0 Å². The molecule has 0 heterocycles. The van der Waals surface area contributed by atoms with Crippen molar-refractivity contribution in [3.05, 3.63) is 0 Å². The second-order valence-electron chi connectivity index (χ2n) is 0. The van der Waals surface area contributed by atoms with Crippen molar-refractivity contribution in [2.45, 2.75) is 0 Å². The quantitative estimate of drug-likeness (QED) is 0.333. The van der Waals surface area contributed by atoms with Crippen molar-refractivity contribution in [2.24, 2.45) is 0 Å². The summed E-state index contributed by atoms with van der Waals surface area (Å²) >= 11 is 0.500. The van der Waals surface area contributed by atoms with E-state index in [9.17, 15) is 0 Å². The van der Waals surface area contributed by atoms with Crippen molar-refractivity contribution >= 4 is 47.4 Å². The van der Waals surface area contributed by atoms with Gasteiger partial charge in [0.15, 0.2) is 0 Å². The topological polar surface area (TPSA) is 257 Å². The molecule has 12 heavy (non-hydrogen) atoms. The van der Waals surface area contributed by atoms with Gasteiger partial charge in [-0.3, -0.25) is 0 Å². The van der Waals surface area contributed by atoms with E-state index < -0.39 is 0 Å². The van der Waals surface area contributed by atoms with E-state index >= 15 is 0 Å². The van der Waals surface area contributed by atoms with Crippen molar-refractivity contribution in [3.8, 4) is 0 Å². The smallest absolute Gasteiger partial charge is 3.00 e. The van der Waals surface area contributed by atoms with Gasteiger partial charge in [-0.05, 0) is 0 Å². The normalized spacial score (nSPS) is 0.333. The summed E-state index contributed by atoms with van der Waals surface area (Å²) in [5.41, 5.74) is 0. The largest absolute Gasteiger partial charge is 4.00 e. The summed E-state index contributed by atoms with van der Waals surface area (Å²) in [5, 5.41) is 0. The van der Waals surface area contributed by atoms with Gasteiger partial charge >= 0.3 is 76.7 Å². The van der Waals surface area contributed by atoms with Crippen molar-refractivity contribution in [1.29, 1.82) is 0 Å². The summed E-state index contributed by atoms with van der Waals surface area (Å²) in [5.74, 6) is 0. The molecule has 0 bridgehead atoms. The van der Waals surface area contributed by atoms with Gasteiger partial charge in [0.1, 0.15) is 0 Å². The summed E-state index contributed by atoms with van der Waals surface area (Å²) in [4.78, 5) is 0. The zero-order valence-corrected chi connectivity index (χ0v) is 12.9. The van der Waals surface area contributed by atoms with Gasteiger partial charge in [-0.15, -0.1) is 0 Å². The molecule has 0 atom stereocenters. The Morgan fingerprint density at radius 2 is 0.500 bits per heavy atom. The number of hydrogen-bond acceptors (Lipinski definition) is 9. The van der Waals surface area contributed by atoms with Crippen LogP contribution in [0.25, 0.3) is 0 Å². The maximum absolute atomic E-state index is 8.30. The molecule has 76 valence electrons. The first kappa shape index (κ1) is 263. The van der Waals surface area contributed by atoms with Crippen molar-refractivity contribution < 1.29 is 73.0 Å². The third kappa shape index (κ3) is 363. The molecule has 12 heteroatoms. The van der Waals surface area contributed by atoms with E-state index in [1.54, 1.807) is 0 Å². The molecule has 4 radical (unpaired) electrons. The third-order valence-electron chi connectivity index (χ3n) is 0. The molecule has 0 aliphatic rings. The monoisotopic (exact) mass is 484 g/mol. The van der Waals surface area contributed by atoms with Gasteiger partial charge in [0, 0.05) is 0 Å². The van der Waals surface area contributed by atoms with Crippen molar-refractivity contribution in [1.82, 2.24) is 0 Å². The maximum atomic E-state index is 8.30. The minimum absolute atomic E-state index is 0. The molecule has 0 spiro atoms. The van der Waals surface area contributed by atoms with Crippen LogP contribution in [0.3, 0.4) is 0 Å². The second-order valence-corrected chi connectivity index (χ2v) is 0. The SMILES string of the molecule is [OH-].[OH-].[OH-].[OH-].[OH-].[OH-].[OH-].[OH-].[O]=[Sb+].[Sb+3].[Zr+4]. The summed E-state index contributed by atoms with van der Waals surface area (Å²) in [7, 11) is 0. The fourth-order valence-electron chi connectivity index (χ4n) is 0. The first-order valence-electron chi connectivity index (χ1n) is 0.183. The fraction of sp³-hybridized carbons (Fsp3) is 0. The molecule has 0 unspecified atom stereocenters. The Bertz CT molecular complexity index is 12.5. The summed E-state index contributed by atoms with van der Waals surface area (Å²) in [6.07, 6.45) is 0. The zero-order chi connectivity index (χ0) is 2.00. The van der Waals surface area contributed by atoms with Gasteiger partial charge in [-0.2, -0.15) is 0 Å². The van der Waals surface area contributed by atoms with Gasteiger partial charge < -0.3 is 43.8 Å².